The maximum absolute atomic E-state index is 12.9. The number of hydrogen-bond acceptors (Lipinski definition) is 3. The minimum absolute atomic E-state index is 0.00334. The molecule has 4 nitrogen and oxygen atoms in total. The topological polar surface area (TPSA) is 53.6 Å². The summed E-state index contributed by atoms with van der Waals surface area (Å²) in [6.45, 7) is 1.99. The van der Waals surface area contributed by atoms with Crippen LogP contribution in [0.1, 0.15) is 18.7 Å². The van der Waals surface area contributed by atoms with E-state index < -0.39 is 0 Å². The summed E-state index contributed by atoms with van der Waals surface area (Å²) in [7, 11) is 0. The number of hydrogen-bond donors (Lipinski definition) is 2. The first kappa shape index (κ1) is 13.3. The quantitative estimate of drug-likeness (QED) is 0.765. The molecule has 2 heterocycles. The van der Waals surface area contributed by atoms with Gasteiger partial charge in [0.25, 0.3) is 0 Å². The van der Waals surface area contributed by atoms with E-state index in [0.717, 1.165) is 22.6 Å². The molecule has 1 atom stereocenters. The van der Waals surface area contributed by atoms with Crippen LogP contribution in [0.5, 0.6) is 0 Å². The summed E-state index contributed by atoms with van der Waals surface area (Å²) in [4.78, 5) is 11.2. The molecule has 0 radical (unpaired) electrons. The van der Waals surface area contributed by atoms with E-state index in [9.17, 15) is 4.39 Å². The number of anilines is 1. The van der Waals surface area contributed by atoms with Gasteiger partial charge in [0.1, 0.15) is 5.82 Å². The number of H-pyrrole nitrogens is 1. The molecule has 1 unspecified atom stereocenters. The largest absolute Gasteiger partial charge is 0.377 e. The summed E-state index contributed by atoms with van der Waals surface area (Å²) in [6.07, 6.45) is 4.67. The van der Waals surface area contributed by atoms with Crippen LogP contribution in [0.4, 0.5) is 10.1 Å². The van der Waals surface area contributed by atoms with Crippen molar-refractivity contribution in [3.05, 3.63) is 66.6 Å². The molecule has 0 bridgehead atoms. The van der Waals surface area contributed by atoms with E-state index in [-0.39, 0.29) is 11.9 Å². The molecule has 106 valence electrons. The minimum atomic E-state index is -0.324. The summed E-state index contributed by atoms with van der Waals surface area (Å²) in [5, 5.41) is 3.34. The van der Waals surface area contributed by atoms with Crippen molar-refractivity contribution in [2.24, 2.45) is 0 Å². The minimum Gasteiger partial charge on any atom is -0.377 e. The summed E-state index contributed by atoms with van der Waals surface area (Å²) < 4.78 is 12.9. The van der Waals surface area contributed by atoms with E-state index in [1.54, 1.807) is 18.6 Å². The van der Waals surface area contributed by atoms with E-state index in [1.165, 1.54) is 12.3 Å². The highest BCUT2D eigenvalue weighted by molar-refractivity contribution is 5.62. The van der Waals surface area contributed by atoms with Crippen molar-refractivity contribution in [1.82, 2.24) is 15.0 Å². The van der Waals surface area contributed by atoms with Crippen molar-refractivity contribution in [3.8, 4) is 11.3 Å². The Morgan fingerprint density at radius 3 is 2.52 bits per heavy atom. The van der Waals surface area contributed by atoms with Crippen LogP contribution in [0, 0.1) is 5.82 Å². The number of rotatable bonds is 4. The van der Waals surface area contributed by atoms with Gasteiger partial charge in [-0.05, 0) is 36.8 Å². The average molecular weight is 282 g/mol. The Balaban J connectivity index is 1.71. The molecular weight excluding hydrogens is 267 g/mol. The van der Waals surface area contributed by atoms with E-state index in [0.29, 0.717) is 0 Å². The molecule has 1 aromatic carbocycles. The Labute approximate surface area is 122 Å². The lowest BCUT2D eigenvalue weighted by molar-refractivity contribution is 0.617. The standard InChI is InChI=1S/C16H15FN4/c1-11(15-7-4-13(17)8-19-15)21-14-5-2-12(3-6-14)16-9-18-10-20-16/h2-11,21H,1H3,(H,18,20). The molecule has 21 heavy (non-hydrogen) atoms. The fraction of sp³-hybridized carbons (Fsp3) is 0.125. The number of nitrogens with zero attached hydrogens (tertiary/aromatic N) is 2. The molecule has 3 aromatic rings. The van der Waals surface area contributed by atoms with Crippen molar-refractivity contribution in [3.63, 3.8) is 0 Å². The first-order valence-corrected chi connectivity index (χ1v) is 6.69. The van der Waals surface area contributed by atoms with E-state index in [4.69, 9.17) is 0 Å². The van der Waals surface area contributed by atoms with Gasteiger partial charge in [0, 0.05) is 5.69 Å². The van der Waals surface area contributed by atoms with Gasteiger partial charge >= 0.3 is 0 Å². The Morgan fingerprint density at radius 2 is 1.90 bits per heavy atom. The molecule has 0 saturated carbocycles. The van der Waals surface area contributed by atoms with Gasteiger partial charge in [-0.2, -0.15) is 0 Å². The fourth-order valence-electron chi connectivity index (χ4n) is 2.13. The Kier molecular flexibility index (Phi) is 3.64. The van der Waals surface area contributed by atoms with Crippen LogP contribution in [0.25, 0.3) is 11.3 Å². The number of aromatic amines is 1. The summed E-state index contributed by atoms with van der Waals surface area (Å²) in [5.74, 6) is -0.324. The Hall–Kier alpha value is -2.69. The van der Waals surface area contributed by atoms with Gasteiger partial charge in [-0.25, -0.2) is 9.37 Å². The fourth-order valence-corrected chi connectivity index (χ4v) is 2.13. The van der Waals surface area contributed by atoms with Crippen molar-refractivity contribution in [2.75, 3.05) is 5.32 Å². The van der Waals surface area contributed by atoms with Crippen LogP contribution in [-0.4, -0.2) is 15.0 Å². The zero-order chi connectivity index (χ0) is 14.7. The van der Waals surface area contributed by atoms with E-state index in [1.807, 2.05) is 31.2 Å². The molecule has 0 aliphatic carbocycles. The third-order valence-corrected chi connectivity index (χ3v) is 3.27. The van der Waals surface area contributed by atoms with Crippen LogP contribution < -0.4 is 5.32 Å². The van der Waals surface area contributed by atoms with Gasteiger partial charge in [0.2, 0.25) is 0 Å². The van der Waals surface area contributed by atoms with Crippen LogP contribution in [-0.2, 0) is 0 Å². The van der Waals surface area contributed by atoms with E-state index in [2.05, 4.69) is 20.3 Å². The molecule has 0 saturated heterocycles. The van der Waals surface area contributed by atoms with Crippen molar-refractivity contribution < 1.29 is 4.39 Å². The lowest BCUT2D eigenvalue weighted by Gasteiger charge is -2.15. The number of pyridine rings is 1. The molecule has 0 spiro atoms. The summed E-state index contributed by atoms with van der Waals surface area (Å²) in [5.41, 5.74) is 3.84. The second kappa shape index (κ2) is 5.75. The SMILES string of the molecule is CC(Nc1ccc(-c2cnc[nH]2)cc1)c1ccc(F)cn1. The smallest absolute Gasteiger partial charge is 0.141 e. The third-order valence-electron chi connectivity index (χ3n) is 3.27. The average Bonchev–Trinajstić information content (AvgIpc) is 3.03. The maximum atomic E-state index is 12.9. The maximum Gasteiger partial charge on any atom is 0.141 e. The molecule has 3 rings (SSSR count). The van der Waals surface area contributed by atoms with Crippen LogP contribution in [0.3, 0.4) is 0 Å². The Bertz CT molecular complexity index is 690. The van der Waals surface area contributed by atoms with Gasteiger partial charge in [-0.3, -0.25) is 4.98 Å². The lowest BCUT2D eigenvalue weighted by Crippen LogP contribution is -2.08. The van der Waals surface area contributed by atoms with Gasteiger partial charge < -0.3 is 10.3 Å². The van der Waals surface area contributed by atoms with Crippen LogP contribution in [0.15, 0.2) is 55.1 Å². The van der Waals surface area contributed by atoms with E-state index >= 15 is 0 Å². The highest BCUT2D eigenvalue weighted by atomic mass is 19.1. The molecule has 5 heteroatoms. The van der Waals surface area contributed by atoms with Gasteiger partial charge in [-0.1, -0.05) is 12.1 Å². The Morgan fingerprint density at radius 1 is 1.10 bits per heavy atom. The zero-order valence-electron chi connectivity index (χ0n) is 11.5. The zero-order valence-corrected chi connectivity index (χ0v) is 11.5. The highest BCUT2D eigenvalue weighted by Gasteiger charge is 2.07. The third kappa shape index (κ3) is 3.08. The molecule has 2 aromatic heterocycles. The predicted octanol–water partition coefficient (Wildman–Crippen LogP) is 3.78. The first-order chi connectivity index (χ1) is 10.2. The van der Waals surface area contributed by atoms with Crippen LogP contribution >= 0.6 is 0 Å². The monoisotopic (exact) mass is 282 g/mol. The van der Waals surface area contributed by atoms with Crippen molar-refractivity contribution >= 4 is 5.69 Å². The number of aromatic nitrogens is 3. The number of imidazole rings is 1. The second-order valence-corrected chi connectivity index (χ2v) is 4.81. The molecule has 0 amide bonds. The molecule has 0 aliphatic heterocycles. The highest BCUT2D eigenvalue weighted by Crippen LogP contribution is 2.22. The number of halogens is 1. The molecule has 0 aliphatic rings. The van der Waals surface area contributed by atoms with Crippen molar-refractivity contribution in [1.29, 1.82) is 0 Å². The van der Waals surface area contributed by atoms with Crippen molar-refractivity contribution in [2.45, 2.75) is 13.0 Å². The summed E-state index contributed by atoms with van der Waals surface area (Å²) in [6, 6.07) is 11.1. The molecular formula is C16H15FN4. The second-order valence-electron chi connectivity index (χ2n) is 4.81. The lowest BCUT2D eigenvalue weighted by atomic mass is 10.1. The number of benzene rings is 1. The van der Waals surface area contributed by atoms with Gasteiger partial charge in [-0.15, -0.1) is 0 Å². The van der Waals surface area contributed by atoms with Gasteiger partial charge in [0.05, 0.1) is 36.2 Å². The van der Waals surface area contributed by atoms with Crippen LogP contribution in [0.2, 0.25) is 0 Å². The normalized spacial score (nSPS) is 12.1. The molecule has 0 fully saturated rings. The predicted molar refractivity (Wildman–Crippen MR) is 80.3 cm³/mol. The first-order valence-electron chi connectivity index (χ1n) is 6.69. The molecule has 2 N–H and O–H groups in total. The number of nitrogens with one attached hydrogen (secondary N) is 2. The van der Waals surface area contributed by atoms with Gasteiger partial charge in [0.15, 0.2) is 0 Å². The summed E-state index contributed by atoms with van der Waals surface area (Å²) >= 11 is 0.